The van der Waals surface area contributed by atoms with Gasteiger partial charge in [-0.2, -0.15) is 0 Å². The summed E-state index contributed by atoms with van der Waals surface area (Å²) in [4.78, 5) is 24.2. The number of carbonyl (C=O) groups is 2. The lowest BCUT2D eigenvalue weighted by Crippen LogP contribution is -2.59. The van der Waals surface area contributed by atoms with Crippen LogP contribution < -0.4 is 11.1 Å². The van der Waals surface area contributed by atoms with Gasteiger partial charge in [0.15, 0.2) is 0 Å². The van der Waals surface area contributed by atoms with Gasteiger partial charge in [0.2, 0.25) is 0 Å². The molecule has 1 unspecified atom stereocenters. The fourth-order valence-corrected chi connectivity index (χ4v) is 1.97. The van der Waals surface area contributed by atoms with Crippen molar-refractivity contribution in [2.45, 2.75) is 38.0 Å². The molecule has 0 aromatic heterocycles. The molecule has 8 heteroatoms. The predicted molar refractivity (Wildman–Crippen MR) is 108 cm³/mol. The van der Waals surface area contributed by atoms with Gasteiger partial charge in [0.1, 0.15) is 6.04 Å². The minimum absolute atomic E-state index is 0. The van der Waals surface area contributed by atoms with Crippen LogP contribution in [0.15, 0.2) is 24.3 Å². The van der Waals surface area contributed by atoms with Crippen molar-refractivity contribution in [2.75, 3.05) is 13.7 Å². The molecule has 7 nitrogen and oxygen atoms in total. The van der Waals surface area contributed by atoms with E-state index in [0.717, 1.165) is 0 Å². The van der Waals surface area contributed by atoms with Gasteiger partial charge in [-0.1, -0.05) is 11.8 Å². The number of benzene rings is 1. The summed E-state index contributed by atoms with van der Waals surface area (Å²) in [6.07, 6.45) is -0.729. The van der Waals surface area contributed by atoms with E-state index in [0.29, 0.717) is 11.1 Å². The molecule has 28 heavy (non-hydrogen) atoms. The molecular weight excluding hydrogens is 384 g/mol. The third kappa shape index (κ3) is 8.43. The van der Waals surface area contributed by atoms with Crippen LogP contribution >= 0.6 is 12.4 Å². The molecule has 5 N–H and O–H groups in total. The summed E-state index contributed by atoms with van der Waals surface area (Å²) in [5, 5.41) is 20.4. The van der Waals surface area contributed by atoms with Crippen molar-refractivity contribution in [3.63, 3.8) is 0 Å². The van der Waals surface area contributed by atoms with Crippen molar-refractivity contribution in [1.29, 1.82) is 0 Å². The first kappa shape index (κ1) is 25.4. The topological polar surface area (TPSA) is 122 Å². The Morgan fingerprint density at radius 2 is 1.86 bits per heavy atom. The van der Waals surface area contributed by atoms with Crippen LogP contribution in [0, 0.1) is 23.7 Å². The summed E-state index contributed by atoms with van der Waals surface area (Å²) in [6, 6.07) is 5.44. The van der Waals surface area contributed by atoms with Crippen molar-refractivity contribution in [2.24, 2.45) is 5.73 Å². The van der Waals surface area contributed by atoms with E-state index in [1.807, 2.05) is 0 Å². The summed E-state index contributed by atoms with van der Waals surface area (Å²) >= 11 is 0. The van der Waals surface area contributed by atoms with Gasteiger partial charge in [-0.3, -0.25) is 4.79 Å². The Kier molecular flexibility index (Phi) is 10.9. The first-order valence-corrected chi connectivity index (χ1v) is 8.24. The van der Waals surface area contributed by atoms with Gasteiger partial charge in [0.25, 0.3) is 5.91 Å². The highest BCUT2D eigenvalue weighted by Gasteiger charge is 2.34. The summed E-state index contributed by atoms with van der Waals surface area (Å²) in [7, 11) is 1.23. The van der Waals surface area contributed by atoms with Crippen LogP contribution in [0.1, 0.15) is 36.2 Å². The van der Waals surface area contributed by atoms with Crippen molar-refractivity contribution in [1.82, 2.24) is 5.32 Å². The zero-order valence-corrected chi connectivity index (χ0v) is 16.8. The number of aliphatic hydroxyl groups excluding tert-OH is 2. The van der Waals surface area contributed by atoms with Crippen LogP contribution in [-0.2, 0) is 9.53 Å². The molecule has 0 aliphatic heterocycles. The van der Waals surface area contributed by atoms with Crippen LogP contribution in [-0.4, -0.2) is 53.5 Å². The lowest BCUT2D eigenvalue weighted by atomic mass is 9.95. The van der Waals surface area contributed by atoms with Gasteiger partial charge in [-0.25, -0.2) is 4.79 Å². The number of nitrogens with two attached hydrogens (primary N) is 1. The number of esters is 1. The number of halogens is 1. The molecule has 0 heterocycles. The minimum Gasteiger partial charge on any atom is -0.467 e. The van der Waals surface area contributed by atoms with E-state index in [9.17, 15) is 9.59 Å². The lowest BCUT2D eigenvalue weighted by molar-refractivity contribution is -0.144. The molecule has 152 valence electrons. The van der Waals surface area contributed by atoms with E-state index in [4.69, 9.17) is 15.9 Å². The Balaban J connectivity index is 0.00000729. The minimum atomic E-state index is -0.990. The van der Waals surface area contributed by atoms with Crippen molar-refractivity contribution >= 4 is 24.3 Å². The van der Waals surface area contributed by atoms with E-state index in [2.05, 4.69) is 33.7 Å². The van der Waals surface area contributed by atoms with Gasteiger partial charge >= 0.3 is 5.97 Å². The summed E-state index contributed by atoms with van der Waals surface area (Å²) in [5.41, 5.74) is 5.94. The number of hydrogen-bond donors (Lipinski definition) is 4. The molecule has 0 aliphatic rings. The van der Waals surface area contributed by atoms with Gasteiger partial charge in [-0.05, 0) is 50.0 Å². The maximum Gasteiger partial charge on any atom is 0.330 e. The highest BCUT2D eigenvalue weighted by atomic mass is 35.5. The maximum atomic E-state index is 12.3. The molecule has 0 fully saturated rings. The van der Waals surface area contributed by atoms with E-state index < -0.39 is 29.6 Å². The Hall–Kier alpha value is -2.55. The first-order valence-electron chi connectivity index (χ1n) is 8.24. The van der Waals surface area contributed by atoms with Gasteiger partial charge in [-0.15, -0.1) is 12.4 Å². The SMILES string of the molecule is COC(=O)C(NC(=O)c1ccc(C#CC#CC[C@@H](O)CO)cc1)C(C)(C)N.Cl. The second-order valence-electron chi connectivity index (χ2n) is 6.42. The van der Waals surface area contributed by atoms with Gasteiger partial charge in [0, 0.05) is 23.1 Å². The van der Waals surface area contributed by atoms with E-state index in [-0.39, 0.29) is 25.4 Å². The fraction of sp³-hybridized carbons (Fsp3) is 0.400. The van der Waals surface area contributed by atoms with Gasteiger partial charge in [0.05, 0.1) is 19.8 Å². The number of carbonyl (C=O) groups excluding carboxylic acids is 2. The summed E-state index contributed by atoms with van der Waals surface area (Å²) < 4.78 is 4.69. The average Bonchev–Trinajstić information content (AvgIpc) is 2.64. The highest BCUT2D eigenvalue weighted by molar-refractivity contribution is 5.97. The van der Waals surface area contributed by atoms with Crippen molar-refractivity contribution in [3.05, 3.63) is 35.4 Å². The molecule has 0 bridgehead atoms. The number of methoxy groups -OCH3 is 1. The molecule has 2 atom stereocenters. The molecule has 0 radical (unpaired) electrons. The zero-order chi connectivity index (χ0) is 20.4. The maximum absolute atomic E-state index is 12.3. The quantitative estimate of drug-likeness (QED) is 0.394. The Morgan fingerprint density at radius 1 is 1.25 bits per heavy atom. The van der Waals surface area contributed by atoms with E-state index in [1.54, 1.807) is 38.1 Å². The van der Waals surface area contributed by atoms with Crippen molar-refractivity contribution in [3.8, 4) is 23.7 Å². The van der Waals surface area contributed by atoms with E-state index in [1.165, 1.54) is 7.11 Å². The molecular formula is C20H25ClN2O5. The number of amides is 1. The van der Waals surface area contributed by atoms with Crippen LogP contribution in [0.5, 0.6) is 0 Å². The van der Waals surface area contributed by atoms with Crippen LogP contribution in [0.4, 0.5) is 0 Å². The Bertz CT molecular complexity index is 779. The Morgan fingerprint density at radius 3 is 2.36 bits per heavy atom. The van der Waals surface area contributed by atoms with Crippen LogP contribution in [0.3, 0.4) is 0 Å². The molecule has 1 amide bonds. The third-order valence-electron chi connectivity index (χ3n) is 3.51. The van der Waals surface area contributed by atoms with Gasteiger partial charge < -0.3 is 26.0 Å². The largest absolute Gasteiger partial charge is 0.467 e. The molecule has 0 saturated carbocycles. The number of rotatable bonds is 6. The molecule has 0 spiro atoms. The molecule has 1 aromatic carbocycles. The smallest absolute Gasteiger partial charge is 0.330 e. The van der Waals surface area contributed by atoms with Crippen molar-refractivity contribution < 1.29 is 24.5 Å². The monoisotopic (exact) mass is 408 g/mol. The highest BCUT2D eigenvalue weighted by Crippen LogP contribution is 2.10. The molecule has 1 aromatic rings. The second-order valence-corrected chi connectivity index (χ2v) is 6.42. The number of aliphatic hydroxyl groups is 2. The molecule has 0 aliphatic carbocycles. The normalized spacial score (nSPS) is 12.1. The molecule has 0 saturated heterocycles. The average molecular weight is 409 g/mol. The number of nitrogens with one attached hydrogen (secondary N) is 1. The Labute approximate surface area is 171 Å². The zero-order valence-electron chi connectivity index (χ0n) is 16.0. The van der Waals surface area contributed by atoms with Crippen LogP contribution in [0.25, 0.3) is 0 Å². The number of hydrogen-bond acceptors (Lipinski definition) is 6. The van der Waals surface area contributed by atoms with Crippen LogP contribution in [0.2, 0.25) is 0 Å². The summed E-state index contributed by atoms with van der Waals surface area (Å²) in [6.45, 7) is 2.89. The molecule has 1 rings (SSSR count). The lowest BCUT2D eigenvalue weighted by Gasteiger charge is -2.28. The predicted octanol–water partition coefficient (Wildman–Crippen LogP) is 0.215. The fourth-order valence-electron chi connectivity index (χ4n) is 1.97. The van der Waals surface area contributed by atoms with E-state index >= 15 is 0 Å². The standard InChI is InChI=1S/C20H24N2O5.ClH/c1-20(2,21)17(19(26)27-3)22-18(25)15-11-9-14(10-12-15)7-5-4-6-8-16(24)13-23;/h9-12,16-17,23-24H,8,13,21H2,1-3H3,(H,22,25);1H/t16-,17?;/m1./s1. The second kappa shape index (κ2) is 12.0. The first-order chi connectivity index (χ1) is 12.7. The summed E-state index contributed by atoms with van der Waals surface area (Å²) in [5.74, 6) is 9.55. The number of ether oxygens (including phenoxy) is 1. The third-order valence-corrected chi connectivity index (χ3v) is 3.51.